The molecule has 2 amide bonds. The Morgan fingerprint density at radius 1 is 1.09 bits per heavy atom. The van der Waals surface area contributed by atoms with Crippen LogP contribution in [0.15, 0.2) is 46.0 Å². The third-order valence-corrected chi connectivity index (χ3v) is 5.09. The number of amides is 2. The van der Waals surface area contributed by atoms with Crippen molar-refractivity contribution in [3.63, 3.8) is 0 Å². The highest BCUT2D eigenvalue weighted by atomic mass is 79.9. The van der Waals surface area contributed by atoms with Crippen molar-refractivity contribution in [1.29, 1.82) is 0 Å². The van der Waals surface area contributed by atoms with Crippen molar-refractivity contribution in [2.45, 2.75) is 33.6 Å². The van der Waals surface area contributed by atoms with E-state index in [4.69, 9.17) is 9.47 Å². The van der Waals surface area contributed by atoms with Crippen LogP contribution in [0.5, 0.6) is 5.75 Å². The van der Waals surface area contributed by atoms with Gasteiger partial charge in [-0.25, -0.2) is 10.2 Å². The minimum Gasteiger partial charge on any atom is -0.481 e. The molecule has 0 bridgehead atoms. The molecule has 170 valence electrons. The number of anilines is 1. The predicted molar refractivity (Wildman–Crippen MR) is 126 cm³/mol. The van der Waals surface area contributed by atoms with Crippen LogP contribution in [0.2, 0.25) is 0 Å². The molecular formula is C23H26BrN3O5. The van der Waals surface area contributed by atoms with Gasteiger partial charge in [0.05, 0.1) is 17.3 Å². The van der Waals surface area contributed by atoms with Crippen LogP contribution < -0.4 is 15.5 Å². The van der Waals surface area contributed by atoms with Gasteiger partial charge >= 0.3 is 5.97 Å². The SMILES string of the molecule is CCOC(=O)COc1ccc(C=NNC(=O)CCC(=O)Nc2cccc(C)c2C)cc1Br. The molecule has 0 aliphatic carbocycles. The molecule has 0 saturated carbocycles. The first-order chi connectivity index (χ1) is 15.3. The number of benzene rings is 2. The molecule has 2 aromatic carbocycles. The van der Waals surface area contributed by atoms with Gasteiger partial charge in [-0.05, 0) is 77.7 Å². The van der Waals surface area contributed by atoms with Gasteiger partial charge in [-0.15, -0.1) is 0 Å². The number of halogens is 1. The van der Waals surface area contributed by atoms with Crippen LogP contribution in [-0.2, 0) is 19.1 Å². The van der Waals surface area contributed by atoms with Gasteiger partial charge in [-0.1, -0.05) is 12.1 Å². The van der Waals surface area contributed by atoms with E-state index in [0.29, 0.717) is 22.4 Å². The van der Waals surface area contributed by atoms with Crippen molar-refractivity contribution < 1.29 is 23.9 Å². The van der Waals surface area contributed by atoms with E-state index in [1.54, 1.807) is 25.1 Å². The summed E-state index contributed by atoms with van der Waals surface area (Å²) in [6.45, 7) is 5.74. The molecule has 0 unspecified atom stereocenters. The Hall–Kier alpha value is -3.20. The lowest BCUT2D eigenvalue weighted by atomic mass is 10.1. The lowest BCUT2D eigenvalue weighted by Gasteiger charge is -2.10. The van der Waals surface area contributed by atoms with Crippen LogP contribution in [0, 0.1) is 13.8 Å². The van der Waals surface area contributed by atoms with Gasteiger partial charge in [-0.3, -0.25) is 9.59 Å². The summed E-state index contributed by atoms with van der Waals surface area (Å²) in [6, 6.07) is 10.8. The molecule has 0 spiro atoms. The number of hydrogen-bond acceptors (Lipinski definition) is 6. The smallest absolute Gasteiger partial charge is 0.344 e. The van der Waals surface area contributed by atoms with Crippen LogP contribution in [-0.4, -0.2) is 37.2 Å². The average Bonchev–Trinajstić information content (AvgIpc) is 2.75. The monoisotopic (exact) mass is 503 g/mol. The summed E-state index contributed by atoms with van der Waals surface area (Å²) in [4.78, 5) is 35.4. The van der Waals surface area contributed by atoms with Crippen LogP contribution in [0.25, 0.3) is 0 Å². The van der Waals surface area contributed by atoms with Crippen molar-refractivity contribution in [1.82, 2.24) is 5.43 Å². The van der Waals surface area contributed by atoms with Crippen molar-refractivity contribution in [3.8, 4) is 5.75 Å². The van der Waals surface area contributed by atoms with E-state index in [9.17, 15) is 14.4 Å². The van der Waals surface area contributed by atoms with E-state index < -0.39 is 5.97 Å². The molecule has 2 rings (SSSR count). The van der Waals surface area contributed by atoms with Gasteiger partial charge in [0.2, 0.25) is 11.8 Å². The van der Waals surface area contributed by atoms with E-state index >= 15 is 0 Å². The molecule has 0 fully saturated rings. The van der Waals surface area contributed by atoms with Crippen molar-refractivity contribution in [2.24, 2.45) is 5.10 Å². The normalized spacial score (nSPS) is 10.6. The van der Waals surface area contributed by atoms with Crippen molar-refractivity contribution in [2.75, 3.05) is 18.5 Å². The predicted octanol–water partition coefficient (Wildman–Crippen LogP) is 3.88. The highest BCUT2D eigenvalue weighted by Gasteiger charge is 2.09. The first kappa shape index (κ1) is 25.1. The molecule has 0 atom stereocenters. The number of carbonyl (C=O) groups is 3. The molecular weight excluding hydrogens is 478 g/mol. The number of carbonyl (C=O) groups excluding carboxylic acids is 3. The van der Waals surface area contributed by atoms with Gasteiger partial charge in [-0.2, -0.15) is 5.10 Å². The molecule has 2 aromatic rings. The van der Waals surface area contributed by atoms with Gasteiger partial charge in [0.25, 0.3) is 0 Å². The number of esters is 1. The highest BCUT2D eigenvalue weighted by molar-refractivity contribution is 9.10. The second-order valence-corrected chi connectivity index (χ2v) is 7.73. The maximum Gasteiger partial charge on any atom is 0.344 e. The highest BCUT2D eigenvalue weighted by Crippen LogP contribution is 2.25. The number of rotatable bonds is 10. The molecule has 8 nitrogen and oxygen atoms in total. The van der Waals surface area contributed by atoms with Crippen LogP contribution in [0.4, 0.5) is 5.69 Å². The fraction of sp³-hybridized carbons (Fsp3) is 0.304. The van der Waals surface area contributed by atoms with E-state index in [-0.39, 0.29) is 31.3 Å². The molecule has 0 saturated heterocycles. The van der Waals surface area contributed by atoms with Crippen molar-refractivity contribution in [3.05, 3.63) is 57.6 Å². The summed E-state index contributed by atoms with van der Waals surface area (Å²) in [5.41, 5.74) is 5.93. The van der Waals surface area contributed by atoms with Crippen LogP contribution in [0.1, 0.15) is 36.5 Å². The van der Waals surface area contributed by atoms with Gasteiger partial charge in [0.1, 0.15) is 5.75 Å². The van der Waals surface area contributed by atoms with E-state index in [2.05, 4.69) is 31.8 Å². The summed E-state index contributed by atoms with van der Waals surface area (Å²) in [5, 5.41) is 6.73. The lowest BCUT2D eigenvalue weighted by molar-refractivity contribution is -0.145. The topological polar surface area (TPSA) is 106 Å². The molecule has 0 aliphatic heterocycles. The third-order valence-electron chi connectivity index (χ3n) is 4.47. The van der Waals surface area contributed by atoms with Gasteiger partial charge in [0.15, 0.2) is 6.61 Å². The number of hydrazone groups is 1. The largest absolute Gasteiger partial charge is 0.481 e. The zero-order chi connectivity index (χ0) is 23.5. The summed E-state index contributed by atoms with van der Waals surface area (Å²) < 4.78 is 10.8. The van der Waals surface area contributed by atoms with E-state index in [1.165, 1.54) is 6.21 Å². The summed E-state index contributed by atoms with van der Waals surface area (Å²) in [6.07, 6.45) is 1.53. The molecule has 0 aliphatic rings. The standard InChI is InChI=1S/C23H26BrN3O5/c1-4-31-23(30)14-32-20-9-8-17(12-18(20)24)13-25-27-22(29)11-10-21(28)26-19-7-5-6-15(2)16(19)3/h5-9,12-13H,4,10-11,14H2,1-3H3,(H,26,28)(H,27,29). The Bertz CT molecular complexity index is 1010. The maximum absolute atomic E-state index is 12.1. The fourth-order valence-electron chi connectivity index (χ4n) is 2.61. The second-order valence-electron chi connectivity index (χ2n) is 6.87. The Morgan fingerprint density at radius 2 is 1.84 bits per heavy atom. The van der Waals surface area contributed by atoms with E-state index in [1.807, 2.05) is 32.0 Å². The maximum atomic E-state index is 12.1. The third kappa shape index (κ3) is 8.14. The summed E-state index contributed by atoms with van der Waals surface area (Å²) >= 11 is 3.36. The number of nitrogens with one attached hydrogen (secondary N) is 2. The molecule has 32 heavy (non-hydrogen) atoms. The molecule has 0 aromatic heterocycles. The summed E-state index contributed by atoms with van der Waals surface area (Å²) in [5.74, 6) is -0.574. The first-order valence-corrected chi connectivity index (χ1v) is 10.9. The van der Waals surface area contributed by atoms with E-state index in [0.717, 1.165) is 16.8 Å². The van der Waals surface area contributed by atoms with Gasteiger partial charge in [0, 0.05) is 18.5 Å². The van der Waals surface area contributed by atoms with Crippen LogP contribution >= 0.6 is 15.9 Å². The second kappa shape index (κ2) is 12.6. The number of hydrogen-bond donors (Lipinski definition) is 2. The van der Waals surface area contributed by atoms with Crippen molar-refractivity contribution >= 4 is 45.6 Å². The molecule has 9 heteroatoms. The minimum atomic E-state index is -0.449. The lowest BCUT2D eigenvalue weighted by Crippen LogP contribution is -2.21. The average molecular weight is 504 g/mol. The Morgan fingerprint density at radius 3 is 2.56 bits per heavy atom. The fourth-order valence-corrected chi connectivity index (χ4v) is 3.13. The summed E-state index contributed by atoms with van der Waals surface area (Å²) in [7, 11) is 0. The quantitative estimate of drug-likeness (QED) is 0.290. The number of nitrogens with zero attached hydrogens (tertiary/aromatic N) is 1. The Balaban J connectivity index is 1.78. The molecule has 2 N–H and O–H groups in total. The zero-order valence-electron chi connectivity index (χ0n) is 18.2. The first-order valence-electron chi connectivity index (χ1n) is 10.1. The van der Waals surface area contributed by atoms with Gasteiger partial charge < -0.3 is 14.8 Å². The zero-order valence-corrected chi connectivity index (χ0v) is 19.8. The minimum absolute atomic E-state index is 0.0123. The van der Waals surface area contributed by atoms with Crippen LogP contribution in [0.3, 0.4) is 0 Å². The molecule has 0 heterocycles. The Kier molecular flexibility index (Phi) is 9.87. The number of ether oxygens (including phenoxy) is 2. The Labute approximate surface area is 195 Å². The number of aryl methyl sites for hydroxylation is 1. The molecule has 0 radical (unpaired) electrons.